The molecule has 74 valence electrons. The summed E-state index contributed by atoms with van der Waals surface area (Å²) in [4.78, 5) is 10.2. The highest BCUT2D eigenvalue weighted by Crippen LogP contribution is 1.96. The molecule has 0 fully saturated rings. The van der Waals surface area contributed by atoms with Crippen LogP contribution in [0.25, 0.3) is 0 Å². The van der Waals surface area contributed by atoms with Gasteiger partial charge >= 0.3 is 5.97 Å². The Morgan fingerprint density at radius 3 is 2.17 bits per heavy atom. The van der Waals surface area contributed by atoms with Crippen LogP contribution in [0, 0.1) is 0 Å². The highest BCUT2D eigenvalue weighted by molar-refractivity contribution is 5.67. The van der Waals surface area contributed by atoms with Gasteiger partial charge < -0.3 is 27.7 Å². The summed E-state index contributed by atoms with van der Waals surface area (Å²) in [6, 6.07) is -0.243. The van der Waals surface area contributed by atoms with Gasteiger partial charge in [0.2, 0.25) is 0 Å². The van der Waals surface area contributed by atoms with E-state index >= 15 is 0 Å². The van der Waals surface area contributed by atoms with Crippen molar-refractivity contribution in [1.29, 1.82) is 0 Å². The Morgan fingerprint density at radius 2 is 1.92 bits per heavy atom. The van der Waals surface area contributed by atoms with Gasteiger partial charge in [0.05, 0.1) is 40.2 Å². The van der Waals surface area contributed by atoms with E-state index in [1.54, 1.807) is 0 Å². The minimum absolute atomic E-state index is 0. The molecule has 5 heteroatoms. The van der Waals surface area contributed by atoms with Gasteiger partial charge in [-0.05, 0) is 0 Å². The highest BCUT2D eigenvalue weighted by Gasteiger charge is 2.16. The number of hydrogen-bond acceptors (Lipinski definition) is 2. The van der Waals surface area contributed by atoms with Gasteiger partial charge in [0.15, 0.2) is 0 Å². The molecule has 0 saturated carbocycles. The van der Waals surface area contributed by atoms with Gasteiger partial charge in [0.25, 0.3) is 0 Å². The molecule has 1 atom stereocenters. The van der Waals surface area contributed by atoms with Gasteiger partial charge in [-0.2, -0.15) is 0 Å². The third kappa shape index (κ3) is 9.68. The molecule has 0 spiro atoms. The van der Waals surface area contributed by atoms with Gasteiger partial charge in [-0.3, -0.25) is 4.79 Å². The SMILES string of the molecule is C[N+](C)(C)C[C@@H](N)CC(=O)O.[Cl-]. The Labute approximate surface area is 79.3 Å². The predicted octanol–water partition coefficient (Wildman–Crippen LogP) is -3.50. The summed E-state index contributed by atoms with van der Waals surface area (Å²) >= 11 is 0. The maximum absolute atomic E-state index is 10.2. The van der Waals surface area contributed by atoms with Crippen LogP contribution < -0.4 is 18.1 Å². The maximum Gasteiger partial charge on any atom is 0.305 e. The van der Waals surface area contributed by atoms with E-state index in [-0.39, 0.29) is 24.9 Å². The number of quaternary nitrogens is 1. The molecule has 4 nitrogen and oxygen atoms in total. The van der Waals surface area contributed by atoms with Gasteiger partial charge in [-0.1, -0.05) is 0 Å². The molecule has 3 N–H and O–H groups in total. The van der Waals surface area contributed by atoms with Crippen molar-refractivity contribution in [2.45, 2.75) is 12.5 Å². The smallest absolute Gasteiger partial charge is 0.305 e. The topological polar surface area (TPSA) is 63.3 Å². The van der Waals surface area contributed by atoms with Crippen LogP contribution in [-0.4, -0.2) is 49.3 Å². The van der Waals surface area contributed by atoms with Crippen LogP contribution in [0.2, 0.25) is 0 Å². The second kappa shape index (κ2) is 5.35. The number of carboxylic acids is 1. The quantitative estimate of drug-likeness (QED) is 0.459. The summed E-state index contributed by atoms with van der Waals surface area (Å²) in [5, 5.41) is 8.39. The maximum atomic E-state index is 10.2. The summed E-state index contributed by atoms with van der Waals surface area (Å²) in [6.07, 6.45) is 0.0511. The van der Waals surface area contributed by atoms with Crippen LogP contribution in [0.4, 0.5) is 0 Å². The van der Waals surface area contributed by atoms with Crippen LogP contribution in [0.1, 0.15) is 6.42 Å². The fraction of sp³-hybridized carbons (Fsp3) is 0.857. The first-order chi connectivity index (χ1) is 4.81. The summed E-state index contributed by atoms with van der Waals surface area (Å²) in [7, 11) is 5.96. The van der Waals surface area contributed by atoms with Crippen molar-refractivity contribution in [2.75, 3.05) is 27.7 Å². The molecule has 12 heavy (non-hydrogen) atoms. The lowest BCUT2D eigenvalue weighted by Gasteiger charge is -2.26. The molecular formula is C7H17ClN2O2. The zero-order chi connectivity index (χ0) is 9.07. The zero-order valence-corrected chi connectivity index (χ0v) is 8.51. The fourth-order valence-electron chi connectivity index (χ4n) is 0.992. The Balaban J connectivity index is 0. The van der Waals surface area contributed by atoms with Crippen molar-refractivity contribution in [3.63, 3.8) is 0 Å². The van der Waals surface area contributed by atoms with Crippen molar-refractivity contribution < 1.29 is 26.8 Å². The average molecular weight is 197 g/mol. The van der Waals surface area contributed by atoms with E-state index < -0.39 is 5.97 Å². The lowest BCUT2D eigenvalue weighted by molar-refractivity contribution is -0.871. The van der Waals surface area contributed by atoms with Crippen LogP contribution in [0.5, 0.6) is 0 Å². The first-order valence-electron chi connectivity index (χ1n) is 3.59. The standard InChI is InChI=1S/C7H16N2O2.ClH/c1-9(2,3)5-6(8)4-7(10)11;/h6H,4-5,8H2,1-3H3;1H/t6-;/m0./s1. The normalized spacial score (nSPS) is 13.3. The Bertz CT molecular complexity index is 145. The van der Waals surface area contributed by atoms with E-state index in [4.69, 9.17) is 10.8 Å². The Hall–Kier alpha value is -0.320. The largest absolute Gasteiger partial charge is 1.00 e. The van der Waals surface area contributed by atoms with Crippen LogP contribution >= 0.6 is 0 Å². The minimum Gasteiger partial charge on any atom is -1.00 e. The number of halogens is 1. The third-order valence-electron chi connectivity index (χ3n) is 1.22. The molecule has 0 saturated heterocycles. The van der Waals surface area contributed by atoms with Gasteiger partial charge in [-0.15, -0.1) is 0 Å². The first kappa shape index (κ1) is 14.2. The first-order valence-corrected chi connectivity index (χ1v) is 3.59. The molecule has 0 aliphatic rings. The molecule has 0 aromatic carbocycles. The summed E-state index contributed by atoms with van der Waals surface area (Å²) in [5.41, 5.74) is 5.56. The number of likely N-dealkylation sites (N-methyl/N-ethyl adjacent to an activating group) is 1. The second-order valence-corrected chi connectivity index (χ2v) is 3.83. The van der Waals surface area contributed by atoms with Crippen molar-refractivity contribution in [3.8, 4) is 0 Å². The van der Waals surface area contributed by atoms with Crippen molar-refractivity contribution in [3.05, 3.63) is 0 Å². The van der Waals surface area contributed by atoms with E-state index in [2.05, 4.69) is 0 Å². The summed E-state index contributed by atoms with van der Waals surface area (Å²) < 4.78 is 0.703. The van der Waals surface area contributed by atoms with Gasteiger partial charge in [0, 0.05) is 0 Å². The molecule has 0 rings (SSSR count). The molecule has 0 aromatic heterocycles. The van der Waals surface area contributed by atoms with Gasteiger partial charge in [-0.25, -0.2) is 0 Å². The molecule has 0 aliphatic carbocycles. The van der Waals surface area contributed by atoms with Crippen molar-refractivity contribution >= 4 is 5.97 Å². The van der Waals surface area contributed by atoms with E-state index in [1.807, 2.05) is 21.1 Å². The molecule has 0 bridgehead atoms. The lowest BCUT2D eigenvalue weighted by Crippen LogP contribution is -3.00. The number of carbonyl (C=O) groups is 1. The fourth-order valence-corrected chi connectivity index (χ4v) is 0.992. The molecule has 0 heterocycles. The molecule has 0 aliphatic heterocycles. The number of rotatable bonds is 4. The second-order valence-electron chi connectivity index (χ2n) is 3.83. The highest BCUT2D eigenvalue weighted by atomic mass is 35.5. The Morgan fingerprint density at radius 1 is 1.50 bits per heavy atom. The molecule has 0 aromatic rings. The number of nitrogens with zero attached hydrogens (tertiary/aromatic N) is 1. The monoisotopic (exact) mass is 196 g/mol. The lowest BCUT2D eigenvalue weighted by atomic mass is 10.2. The van der Waals surface area contributed by atoms with Crippen molar-refractivity contribution in [2.24, 2.45) is 5.73 Å². The zero-order valence-electron chi connectivity index (χ0n) is 7.75. The minimum atomic E-state index is -0.828. The number of nitrogens with two attached hydrogens (primary N) is 1. The summed E-state index contributed by atoms with van der Waals surface area (Å²) in [5.74, 6) is -0.828. The third-order valence-corrected chi connectivity index (χ3v) is 1.22. The van der Waals surface area contributed by atoms with Crippen LogP contribution in [0.15, 0.2) is 0 Å². The molecule has 0 radical (unpaired) electrons. The van der Waals surface area contributed by atoms with Gasteiger partial charge in [0.1, 0.15) is 0 Å². The van der Waals surface area contributed by atoms with Crippen molar-refractivity contribution in [1.82, 2.24) is 0 Å². The average Bonchev–Trinajstić information content (AvgIpc) is 1.53. The van der Waals surface area contributed by atoms with E-state index in [0.29, 0.717) is 11.0 Å². The van der Waals surface area contributed by atoms with E-state index in [0.717, 1.165) is 0 Å². The van der Waals surface area contributed by atoms with Crippen LogP contribution in [-0.2, 0) is 4.79 Å². The van der Waals surface area contributed by atoms with E-state index in [1.165, 1.54) is 0 Å². The van der Waals surface area contributed by atoms with Crippen LogP contribution in [0.3, 0.4) is 0 Å². The number of aliphatic carboxylic acids is 1. The summed E-state index contributed by atoms with van der Waals surface area (Å²) in [6.45, 7) is 0.687. The Kier molecular flexibility index (Phi) is 6.34. The number of hydrogen-bond donors (Lipinski definition) is 2. The molecule has 0 unspecified atom stereocenters. The number of carboxylic acid groups (broad SMARTS) is 1. The molecular weight excluding hydrogens is 180 g/mol. The predicted molar refractivity (Wildman–Crippen MR) is 43.1 cm³/mol. The van der Waals surface area contributed by atoms with E-state index in [9.17, 15) is 4.79 Å². The molecule has 0 amide bonds.